The Labute approximate surface area is 157 Å². The molecule has 0 amide bonds. The van der Waals surface area contributed by atoms with Gasteiger partial charge in [0.2, 0.25) is 0 Å². The van der Waals surface area contributed by atoms with Gasteiger partial charge >= 0.3 is 5.97 Å². The molecule has 1 aliphatic carbocycles. The molecule has 0 saturated heterocycles. The number of carbonyl (C=O) groups is 1. The lowest BCUT2D eigenvalue weighted by atomic mass is 9.87. The lowest BCUT2D eigenvalue weighted by Gasteiger charge is -2.20. The van der Waals surface area contributed by atoms with Gasteiger partial charge in [-0.15, -0.1) is 11.8 Å². The fourth-order valence-electron chi connectivity index (χ4n) is 3.18. The molecule has 2 N–H and O–H groups in total. The van der Waals surface area contributed by atoms with Gasteiger partial charge in [-0.3, -0.25) is 9.48 Å². The molecular formula is C18H25N5O2S. The molecule has 0 saturated carbocycles. The number of nitrogens with zero attached hydrogens (tertiary/aromatic N) is 4. The molecule has 7 nitrogen and oxygen atoms in total. The average Bonchev–Trinajstić information content (AvgIpc) is 3.19. The summed E-state index contributed by atoms with van der Waals surface area (Å²) in [6, 6.07) is 1.89. The summed E-state index contributed by atoms with van der Waals surface area (Å²) in [6.07, 6.45) is 6.22. The normalized spacial score (nSPS) is 17.2. The number of carbonyl (C=O) groups excluding carboxylic acids is 1. The molecule has 0 radical (unpaired) electrons. The maximum atomic E-state index is 12.0. The number of anilines is 1. The highest BCUT2D eigenvalue weighted by Gasteiger charge is 2.27. The summed E-state index contributed by atoms with van der Waals surface area (Å²) in [5.74, 6) is 2.04. The number of rotatable bonds is 6. The number of nitrogen functional groups attached to an aromatic ring is 1. The topological polar surface area (TPSA) is 88.0 Å². The van der Waals surface area contributed by atoms with Crippen LogP contribution in [0.25, 0.3) is 11.4 Å². The Morgan fingerprint density at radius 1 is 1.42 bits per heavy atom. The van der Waals surface area contributed by atoms with E-state index in [9.17, 15) is 4.79 Å². The third kappa shape index (κ3) is 3.65. The minimum absolute atomic E-state index is 0.0620. The van der Waals surface area contributed by atoms with Gasteiger partial charge in [0.15, 0.2) is 5.82 Å². The van der Waals surface area contributed by atoms with E-state index < -0.39 is 0 Å². The number of ether oxygens (including phenoxy) is 1. The van der Waals surface area contributed by atoms with Crippen LogP contribution in [0.5, 0.6) is 0 Å². The predicted octanol–water partition coefficient (Wildman–Crippen LogP) is 3.05. The summed E-state index contributed by atoms with van der Waals surface area (Å²) >= 11 is 1.67. The summed E-state index contributed by atoms with van der Waals surface area (Å²) in [5.41, 5.74) is 8.58. The number of thioether (sulfide) groups is 1. The van der Waals surface area contributed by atoms with Gasteiger partial charge in [0.1, 0.15) is 10.8 Å². The van der Waals surface area contributed by atoms with Crippen molar-refractivity contribution >= 4 is 29.1 Å². The monoisotopic (exact) mass is 375 g/mol. The Morgan fingerprint density at radius 2 is 2.23 bits per heavy atom. The fourth-order valence-corrected chi connectivity index (χ4v) is 3.97. The Hall–Kier alpha value is -2.22. The van der Waals surface area contributed by atoms with Crippen LogP contribution in [0.1, 0.15) is 38.7 Å². The summed E-state index contributed by atoms with van der Waals surface area (Å²) < 4.78 is 8.58. The Kier molecular flexibility index (Phi) is 5.70. The van der Waals surface area contributed by atoms with Crippen molar-refractivity contribution in [1.82, 2.24) is 19.6 Å². The van der Waals surface area contributed by atoms with Gasteiger partial charge in [-0.2, -0.15) is 14.9 Å². The molecule has 1 atom stereocenters. The zero-order valence-electron chi connectivity index (χ0n) is 15.4. The molecule has 8 heteroatoms. The van der Waals surface area contributed by atoms with Gasteiger partial charge in [-0.05, 0) is 37.5 Å². The van der Waals surface area contributed by atoms with Crippen LogP contribution in [0, 0.1) is 5.92 Å². The number of nitrogens with two attached hydrogens (primary N) is 1. The molecule has 0 bridgehead atoms. The van der Waals surface area contributed by atoms with Gasteiger partial charge < -0.3 is 10.5 Å². The molecule has 2 aromatic heterocycles. The Morgan fingerprint density at radius 3 is 2.81 bits per heavy atom. The second kappa shape index (κ2) is 7.99. The van der Waals surface area contributed by atoms with E-state index in [1.54, 1.807) is 21.1 Å². The first-order chi connectivity index (χ1) is 12.5. The molecule has 26 heavy (non-hydrogen) atoms. The van der Waals surface area contributed by atoms with Crippen LogP contribution in [0.3, 0.4) is 0 Å². The molecule has 2 aromatic rings. The molecule has 0 fully saturated rings. The van der Waals surface area contributed by atoms with Crippen molar-refractivity contribution < 1.29 is 9.53 Å². The van der Waals surface area contributed by atoms with Crippen LogP contribution in [-0.2, 0) is 16.6 Å². The van der Waals surface area contributed by atoms with E-state index in [1.807, 2.05) is 26.2 Å². The first-order valence-corrected chi connectivity index (χ1v) is 9.91. The van der Waals surface area contributed by atoms with Crippen molar-refractivity contribution in [3.63, 3.8) is 0 Å². The average molecular weight is 375 g/mol. The zero-order chi connectivity index (χ0) is 18.7. The SMILES string of the molecule is CCOC(=O)C1CC=C(c2c(SCC)nn(-c3ccn(C)n3)c2N)CC1. The van der Waals surface area contributed by atoms with E-state index in [0.29, 0.717) is 24.7 Å². The number of aromatic nitrogens is 4. The smallest absolute Gasteiger partial charge is 0.309 e. The molecule has 1 aliphatic rings. The van der Waals surface area contributed by atoms with Gasteiger partial charge in [-0.1, -0.05) is 13.0 Å². The second-order valence-corrected chi connectivity index (χ2v) is 7.46. The largest absolute Gasteiger partial charge is 0.466 e. The quantitative estimate of drug-likeness (QED) is 0.617. The van der Waals surface area contributed by atoms with E-state index in [2.05, 4.69) is 23.2 Å². The van der Waals surface area contributed by atoms with Crippen molar-refractivity contribution in [2.45, 2.75) is 38.1 Å². The maximum absolute atomic E-state index is 12.0. The highest BCUT2D eigenvalue weighted by atomic mass is 32.2. The predicted molar refractivity (Wildman–Crippen MR) is 103 cm³/mol. The zero-order valence-corrected chi connectivity index (χ0v) is 16.3. The highest BCUT2D eigenvalue weighted by molar-refractivity contribution is 7.99. The van der Waals surface area contributed by atoms with E-state index in [1.165, 1.54) is 0 Å². The first kappa shape index (κ1) is 18.6. The third-order valence-corrected chi connectivity index (χ3v) is 5.29. The minimum Gasteiger partial charge on any atom is -0.466 e. The van der Waals surface area contributed by atoms with Crippen molar-refractivity contribution in [3.05, 3.63) is 23.9 Å². The molecule has 3 rings (SSSR count). The van der Waals surface area contributed by atoms with E-state index >= 15 is 0 Å². The molecule has 0 spiro atoms. The van der Waals surface area contributed by atoms with Gasteiger partial charge in [0, 0.05) is 19.3 Å². The summed E-state index contributed by atoms with van der Waals surface area (Å²) in [4.78, 5) is 12.0. The van der Waals surface area contributed by atoms with Crippen molar-refractivity contribution in [1.29, 1.82) is 0 Å². The Balaban J connectivity index is 1.92. The molecule has 140 valence electrons. The molecular weight excluding hydrogens is 350 g/mol. The number of allylic oxidation sites excluding steroid dienone is 2. The lowest BCUT2D eigenvalue weighted by Crippen LogP contribution is -2.19. The van der Waals surface area contributed by atoms with Crippen LogP contribution in [0.15, 0.2) is 23.4 Å². The summed E-state index contributed by atoms with van der Waals surface area (Å²) in [5, 5.41) is 10.0. The minimum atomic E-state index is -0.108. The number of hydrogen-bond donors (Lipinski definition) is 1. The molecule has 1 unspecified atom stereocenters. The first-order valence-electron chi connectivity index (χ1n) is 8.92. The van der Waals surface area contributed by atoms with E-state index in [4.69, 9.17) is 10.5 Å². The third-order valence-electron chi connectivity index (χ3n) is 4.44. The number of aryl methyl sites for hydroxylation is 1. The van der Waals surface area contributed by atoms with Crippen LogP contribution in [0.2, 0.25) is 0 Å². The second-order valence-electron chi connectivity index (χ2n) is 6.21. The number of hydrogen-bond acceptors (Lipinski definition) is 6. The fraction of sp³-hybridized carbons (Fsp3) is 0.500. The van der Waals surface area contributed by atoms with Crippen LogP contribution < -0.4 is 5.73 Å². The van der Waals surface area contributed by atoms with Crippen LogP contribution in [-0.4, -0.2) is 37.9 Å². The van der Waals surface area contributed by atoms with Gasteiger partial charge in [0.25, 0.3) is 0 Å². The van der Waals surface area contributed by atoms with Gasteiger partial charge in [-0.25, -0.2) is 0 Å². The molecule has 0 aliphatic heterocycles. The highest BCUT2D eigenvalue weighted by Crippen LogP contribution is 2.39. The van der Waals surface area contributed by atoms with Crippen LogP contribution in [0.4, 0.5) is 5.82 Å². The maximum Gasteiger partial charge on any atom is 0.309 e. The van der Waals surface area contributed by atoms with Crippen molar-refractivity contribution in [3.8, 4) is 5.82 Å². The van der Waals surface area contributed by atoms with Crippen LogP contribution >= 0.6 is 11.8 Å². The van der Waals surface area contributed by atoms with E-state index in [-0.39, 0.29) is 11.9 Å². The van der Waals surface area contributed by atoms with Crippen molar-refractivity contribution in [2.24, 2.45) is 13.0 Å². The van der Waals surface area contributed by atoms with E-state index in [0.717, 1.165) is 34.8 Å². The Bertz CT molecular complexity index is 824. The van der Waals surface area contributed by atoms with Crippen molar-refractivity contribution in [2.75, 3.05) is 18.1 Å². The van der Waals surface area contributed by atoms with Gasteiger partial charge in [0.05, 0.1) is 18.1 Å². The lowest BCUT2D eigenvalue weighted by molar-refractivity contribution is -0.148. The standard InChI is InChI=1S/C18H25N5O2S/c1-4-25-18(24)13-8-6-12(7-9-13)15-16(19)23(21-17(15)26-5-2)14-10-11-22(3)20-14/h6,10-11,13H,4-5,7-9,19H2,1-3H3. The molecule has 0 aromatic carbocycles. The summed E-state index contributed by atoms with van der Waals surface area (Å²) in [7, 11) is 1.87. The summed E-state index contributed by atoms with van der Waals surface area (Å²) in [6.45, 7) is 4.35. The number of esters is 1. The molecule has 2 heterocycles.